The molecule has 2 N–H and O–H groups in total. The monoisotopic (exact) mass is 305 g/mol. The molecule has 7 heteroatoms. The predicted molar refractivity (Wildman–Crippen MR) is 73.5 cm³/mol. The number of hydrogen-bond acceptors (Lipinski definition) is 4. The Bertz CT molecular complexity index is 629. The molecule has 3 aliphatic rings. The van der Waals surface area contributed by atoms with Gasteiger partial charge in [0.05, 0.1) is 23.3 Å². The van der Waals surface area contributed by atoms with E-state index < -0.39 is 17.3 Å². The Balaban J connectivity index is 1.48. The van der Waals surface area contributed by atoms with Gasteiger partial charge in [-0.25, -0.2) is 9.18 Å². The standard InChI is InChI=1S/C15H16FN3O3/c16-8-1-2-12(17-7-8)15(3-4-15)13(20)19-10-5-9-6-11(10)22-14(21)18-9/h1-2,7,9-11H,3-6H2,(H,18,21)(H,19,20)/t9-,10-,11-/m1/s1. The topological polar surface area (TPSA) is 80.3 Å². The molecule has 1 aromatic rings. The second-order valence-electron chi connectivity index (χ2n) is 6.28. The number of nitrogens with one attached hydrogen (secondary N) is 2. The Morgan fingerprint density at radius 2 is 2.23 bits per heavy atom. The highest BCUT2D eigenvalue weighted by atomic mass is 19.1. The molecule has 6 nitrogen and oxygen atoms in total. The molecule has 116 valence electrons. The first-order valence-corrected chi connectivity index (χ1v) is 7.47. The van der Waals surface area contributed by atoms with E-state index in [-0.39, 0.29) is 24.1 Å². The number of ether oxygens (including phenoxy) is 1. The molecule has 22 heavy (non-hydrogen) atoms. The van der Waals surface area contributed by atoms with Crippen LogP contribution in [0.2, 0.25) is 0 Å². The number of nitrogens with zero attached hydrogens (tertiary/aromatic N) is 1. The van der Waals surface area contributed by atoms with Gasteiger partial charge in [0.1, 0.15) is 11.9 Å². The smallest absolute Gasteiger partial charge is 0.407 e. The van der Waals surface area contributed by atoms with Crippen molar-refractivity contribution in [1.82, 2.24) is 15.6 Å². The Hall–Kier alpha value is -2.18. The lowest BCUT2D eigenvalue weighted by molar-refractivity contribution is -0.125. The zero-order valence-corrected chi connectivity index (χ0v) is 11.8. The number of alkyl carbamates (subject to hydrolysis) is 1. The zero-order chi connectivity index (χ0) is 15.3. The molecule has 1 saturated heterocycles. The van der Waals surface area contributed by atoms with Crippen LogP contribution in [0.4, 0.5) is 9.18 Å². The molecule has 3 atom stereocenters. The number of pyridine rings is 1. The fraction of sp³-hybridized carbons (Fsp3) is 0.533. The number of carbonyl (C=O) groups excluding carboxylic acids is 2. The van der Waals surface area contributed by atoms with Crippen molar-refractivity contribution in [2.24, 2.45) is 0 Å². The summed E-state index contributed by atoms with van der Waals surface area (Å²) < 4.78 is 18.2. The summed E-state index contributed by atoms with van der Waals surface area (Å²) in [6.45, 7) is 0. The Kier molecular flexibility index (Phi) is 2.85. The van der Waals surface area contributed by atoms with Gasteiger partial charge in [-0.2, -0.15) is 0 Å². The first-order chi connectivity index (χ1) is 10.6. The van der Waals surface area contributed by atoms with Crippen LogP contribution in [0.1, 0.15) is 31.4 Å². The van der Waals surface area contributed by atoms with E-state index in [0.717, 1.165) is 12.6 Å². The van der Waals surface area contributed by atoms with E-state index in [1.807, 2.05) is 0 Å². The van der Waals surface area contributed by atoms with Crippen molar-refractivity contribution in [1.29, 1.82) is 0 Å². The molecule has 0 spiro atoms. The van der Waals surface area contributed by atoms with Crippen molar-refractivity contribution in [2.45, 2.75) is 49.3 Å². The minimum absolute atomic E-state index is 0.0654. The van der Waals surface area contributed by atoms with E-state index in [4.69, 9.17) is 4.74 Å². The molecular formula is C15H16FN3O3. The number of aromatic nitrogens is 1. The van der Waals surface area contributed by atoms with Gasteiger partial charge in [-0.15, -0.1) is 0 Å². The lowest BCUT2D eigenvalue weighted by atomic mass is 9.99. The maximum Gasteiger partial charge on any atom is 0.407 e. The number of hydrogen-bond donors (Lipinski definition) is 2. The fourth-order valence-corrected chi connectivity index (χ4v) is 3.43. The van der Waals surface area contributed by atoms with Crippen LogP contribution >= 0.6 is 0 Å². The molecule has 4 rings (SSSR count). The third-order valence-electron chi connectivity index (χ3n) is 4.80. The van der Waals surface area contributed by atoms with E-state index >= 15 is 0 Å². The second kappa shape index (κ2) is 4.66. The summed E-state index contributed by atoms with van der Waals surface area (Å²) in [7, 11) is 0. The highest BCUT2D eigenvalue weighted by Crippen LogP contribution is 2.47. The molecule has 2 saturated carbocycles. The van der Waals surface area contributed by atoms with Crippen LogP contribution in [0.5, 0.6) is 0 Å². The van der Waals surface area contributed by atoms with Gasteiger partial charge < -0.3 is 15.4 Å². The molecule has 0 radical (unpaired) electrons. The minimum Gasteiger partial charge on any atom is -0.444 e. The zero-order valence-electron chi connectivity index (χ0n) is 11.8. The van der Waals surface area contributed by atoms with Crippen LogP contribution < -0.4 is 10.6 Å². The summed E-state index contributed by atoms with van der Waals surface area (Å²) in [4.78, 5) is 28.0. The van der Waals surface area contributed by atoms with Crippen molar-refractivity contribution < 1.29 is 18.7 Å². The molecule has 0 unspecified atom stereocenters. The normalized spacial score (nSPS) is 31.1. The Morgan fingerprint density at radius 3 is 2.91 bits per heavy atom. The number of fused-ring (bicyclic) bond motifs is 2. The van der Waals surface area contributed by atoms with Crippen LogP contribution in [-0.2, 0) is 14.9 Å². The fourth-order valence-electron chi connectivity index (χ4n) is 3.43. The maximum absolute atomic E-state index is 13.0. The SMILES string of the molecule is O=C1N[C@@H]2C[C@@H](NC(=O)C3(c4ccc(F)cn4)CC3)[C@@H](C2)O1. The van der Waals surface area contributed by atoms with Gasteiger partial charge in [0.25, 0.3) is 0 Å². The van der Waals surface area contributed by atoms with Crippen LogP contribution in [0.15, 0.2) is 18.3 Å². The van der Waals surface area contributed by atoms with Gasteiger partial charge in [0, 0.05) is 12.5 Å². The number of carbonyl (C=O) groups is 2. The predicted octanol–water partition coefficient (Wildman–Crippen LogP) is 1.01. The van der Waals surface area contributed by atoms with Crippen LogP contribution in [0.3, 0.4) is 0 Å². The third-order valence-corrected chi connectivity index (χ3v) is 4.80. The summed E-state index contributed by atoms with van der Waals surface area (Å²) in [5, 5.41) is 5.73. The first kappa shape index (κ1) is 13.5. The third kappa shape index (κ3) is 2.12. The van der Waals surface area contributed by atoms with Crippen molar-refractivity contribution >= 4 is 12.0 Å². The van der Waals surface area contributed by atoms with Crippen molar-refractivity contribution in [3.05, 3.63) is 29.8 Å². The lowest BCUT2D eigenvalue weighted by Crippen LogP contribution is -2.47. The summed E-state index contributed by atoms with van der Waals surface area (Å²) in [6, 6.07) is 2.78. The van der Waals surface area contributed by atoms with E-state index in [0.29, 0.717) is 25.0 Å². The van der Waals surface area contributed by atoms with E-state index in [2.05, 4.69) is 15.6 Å². The molecule has 3 fully saturated rings. The van der Waals surface area contributed by atoms with E-state index in [1.54, 1.807) is 6.07 Å². The largest absolute Gasteiger partial charge is 0.444 e. The maximum atomic E-state index is 13.0. The van der Waals surface area contributed by atoms with Gasteiger partial charge in [0.15, 0.2) is 0 Å². The lowest BCUT2D eigenvalue weighted by Gasteiger charge is -2.24. The van der Waals surface area contributed by atoms with Crippen LogP contribution in [0.25, 0.3) is 0 Å². The average molecular weight is 305 g/mol. The minimum atomic E-state index is -0.651. The van der Waals surface area contributed by atoms with Crippen molar-refractivity contribution in [3.8, 4) is 0 Å². The average Bonchev–Trinajstić information content (AvgIpc) is 3.23. The number of rotatable bonds is 3. The van der Waals surface area contributed by atoms with Crippen LogP contribution in [-0.4, -0.2) is 35.2 Å². The second-order valence-corrected chi connectivity index (χ2v) is 6.28. The van der Waals surface area contributed by atoms with Gasteiger partial charge in [-0.3, -0.25) is 9.78 Å². The Morgan fingerprint density at radius 1 is 1.41 bits per heavy atom. The summed E-state index contributed by atoms with van der Waals surface area (Å²) in [6.07, 6.45) is 3.26. The molecule has 2 bridgehead atoms. The summed E-state index contributed by atoms with van der Waals surface area (Å²) in [5.74, 6) is -0.525. The Labute approximate surface area is 126 Å². The highest BCUT2D eigenvalue weighted by Gasteiger charge is 2.54. The molecular weight excluding hydrogens is 289 g/mol. The molecule has 2 amide bonds. The van der Waals surface area contributed by atoms with Crippen LogP contribution in [0, 0.1) is 5.82 Å². The van der Waals surface area contributed by atoms with Gasteiger partial charge in [-0.1, -0.05) is 0 Å². The van der Waals surface area contributed by atoms with Gasteiger partial charge in [-0.05, 0) is 31.4 Å². The summed E-state index contributed by atoms with van der Waals surface area (Å²) >= 11 is 0. The quantitative estimate of drug-likeness (QED) is 0.873. The molecule has 1 aromatic heterocycles. The van der Waals surface area contributed by atoms with E-state index in [1.165, 1.54) is 6.07 Å². The molecule has 0 aromatic carbocycles. The molecule has 2 aliphatic carbocycles. The molecule has 1 aliphatic heterocycles. The first-order valence-electron chi connectivity index (χ1n) is 7.47. The van der Waals surface area contributed by atoms with Gasteiger partial charge >= 0.3 is 6.09 Å². The van der Waals surface area contributed by atoms with Crippen molar-refractivity contribution in [3.63, 3.8) is 0 Å². The van der Waals surface area contributed by atoms with Crippen molar-refractivity contribution in [2.75, 3.05) is 0 Å². The summed E-state index contributed by atoms with van der Waals surface area (Å²) in [5.41, 5.74) is -0.0514. The highest BCUT2D eigenvalue weighted by molar-refractivity contribution is 5.91. The van der Waals surface area contributed by atoms with E-state index in [9.17, 15) is 14.0 Å². The number of amides is 2. The van der Waals surface area contributed by atoms with Gasteiger partial charge in [0.2, 0.25) is 5.91 Å². The molecule has 2 heterocycles. The number of halogens is 1.